The van der Waals surface area contributed by atoms with Crippen molar-refractivity contribution < 1.29 is 23.7 Å². The fourth-order valence-corrected chi connectivity index (χ4v) is 5.20. The Hall–Kier alpha value is -3.81. The van der Waals surface area contributed by atoms with E-state index in [1.807, 2.05) is 121 Å². The minimum Gasteiger partial charge on any atom is -0.374 e. The van der Waals surface area contributed by atoms with Gasteiger partial charge in [0, 0.05) is 6.92 Å². The minimum absolute atomic E-state index is 0.159. The number of nitrogens with one attached hydrogen (secondary N) is 1. The van der Waals surface area contributed by atoms with E-state index in [9.17, 15) is 4.79 Å². The van der Waals surface area contributed by atoms with Crippen LogP contribution in [0.15, 0.2) is 121 Å². The van der Waals surface area contributed by atoms with Gasteiger partial charge in [-0.1, -0.05) is 121 Å². The van der Waals surface area contributed by atoms with E-state index in [0.717, 1.165) is 22.3 Å². The number of carbonyl (C=O) groups excluding carboxylic acids is 1. The molecule has 0 unspecified atom stereocenters. The summed E-state index contributed by atoms with van der Waals surface area (Å²) in [4.78, 5) is 12.5. The first kappa shape index (κ1) is 28.7. The van der Waals surface area contributed by atoms with Gasteiger partial charge in [-0.05, 0) is 22.3 Å². The monoisotopic (exact) mass is 551 g/mol. The topological polar surface area (TPSA) is 66.0 Å². The number of ether oxygens (including phenoxy) is 4. The number of rotatable bonds is 12. The van der Waals surface area contributed by atoms with Crippen LogP contribution in [0.25, 0.3) is 0 Å². The molecule has 6 nitrogen and oxygen atoms in total. The molecular formula is C35H37NO5. The molecule has 0 spiro atoms. The van der Waals surface area contributed by atoms with Crippen LogP contribution in [-0.4, -0.2) is 36.9 Å². The Morgan fingerprint density at radius 2 is 1.12 bits per heavy atom. The summed E-state index contributed by atoms with van der Waals surface area (Å²) in [5.41, 5.74) is 4.11. The van der Waals surface area contributed by atoms with Crippen LogP contribution in [0.5, 0.6) is 0 Å². The average Bonchev–Trinajstić information content (AvgIpc) is 3.01. The van der Waals surface area contributed by atoms with Crippen molar-refractivity contribution in [1.82, 2.24) is 5.32 Å². The summed E-state index contributed by atoms with van der Waals surface area (Å²) < 4.78 is 26.2. The minimum atomic E-state index is -0.508. The summed E-state index contributed by atoms with van der Waals surface area (Å²) in [5.74, 6) is -0.159. The third kappa shape index (κ3) is 8.12. The highest BCUT2D eigenvalue weighted by atomic mass is 16.6. The van der Waals surface area contributed by atoms with Gasteiger partial charge in [-0.15, -0.1) is 0 Å². The standard InChI is InChI=1S/C35H37NO5/c1-26(37)36-32-33(30-20-12-5-13-21-30)41-31(25-38-22-27-14-6-2-7-15-27)34(39-23-28-16-8-3-9-17-28)35(32)40-24-29-18-10-4-11-19-29/h2-21,31-35H,22-25H2,1H3,(H,36,37)/t31-,32-,33+,34+,35-/m1/s1. The number of carbonyl (C=O) groups is 1. The van der Waals surface area contributed by atoms with Crippen LogP contribution in [0.2, 0.25) is 0 Å². The van der Waals surface area contributed by atoms with Gasteiger partial charge in [0.15, 0.2) is 0 Å². The van der Waals surface area contributed by atoms with Crippen LogP contribution in [0.1, 0.15) is 35.3 Å². The maximum Gasteiger partial charge on any atom is 0.217 e. The molecule has 0 aliphatic carbocycles. The maximum atomic E-state index is 12.5. The molecule has 4 aromatic carbocycles. The lowest BCUT2D eigenvalue weighted by molar-refractivity contribution is -0.234. The van der Waals surface area contributed by atoms with E-state index in [0.29, 0.717) is 26.4 Å². The van der Waals surface area contributed by atoms with Crippen molar-refractivity contribution in [2.24, 2.45) is 0 Å². The summed E-state index contributed by atoms with van der Waals surface area (Å²) >= 11 is 0. The molecule has 5 rings (SSSR count). The van der Waals surface area contributed by atoms with Gasteiger partial charge < -0.3 is 24.3 Å². The largest absolute Gasteiger partial charge is 0.374 e. The van der Waals surface area contributed by atoms with Gasteiger partial charge in [0.25, 0.3) is 0 Å². The Morgan fingerprint density at radius 1 is 0.659 bits per heavy atom. The summed E-state index contributed by atoms with van der Waals surface area (Å²) in [6.07, 6.45) is -1.92. The molecule has 1 aliphatic heterocycles. The lowest BCUT2D eigenvalue weighted by Crippen LogP contribution is -2.62. The Balaban J connectivity index is 1.46. The smallest absolute Gasteiger partial charge is 0.217 e. The molecule has 1 fully saturated rings. The molecule has 0 radical (unpaired) electrons. The molecule has 6 heteroatoms. The van der Waals surface area contributed by atoms with Gasteiger partial charge >= 0.3 is 0 Å². The third-order valence-electron chi connectivity index (χ3n) is 7.15. The molecule has 41 heavy (non-hydrogen) atoms. The van der Waals surface area contributed by atoms with Crippen molar-refractivity contribution in [3.63, 3.8) is 0 Å². The average molecular weight is 552 g/mol. The highest BCUT2D eigenvalue weighted by Gasteiger charge is 2.48. The molecule has 0 saturated carbocycles. The summed E-state index contributed by atoms with van der Waals surface area (Å²) in [7, 11) is 0. The van der Waals surface area contributed by atoms with Crippen molar-refractivity contribution in [3.05, 3.63) is 144 Å². The molecule has 1 heterocycles. The van der Waals surface area contributed by atoms with Gasteiger partial charge in [-0.25, -0.2) is 0 Å². The van der Waals surface area contributed by atoms with E-state index in [1.54, 1.807) is 0 Å². The zero-order chi connectivity index (χ0) is 28.3. The van der Waals surface area contributed by atoms with E-state index < -0.39 is 30.5 Å². The molecule has 1 saturated heterocycles. The van der Waals surface area contributed by atoms with Crippen LogP contribution in [0.4, 0.5) is 0 Å². The first-order chi connectivity index (χ1) is 20.2. The van der Waals surface area contributed by atoms with Crippen LogP contribution in [-0.2, 0) is 43.6 Å². The number of hydrogen-bond acceptors (Lipinski definition) is 5. The van der Waals surface area contributed by atoms with Crippen molar-refractivity contribution in [1.29, 1.82) is 0 Å². The van der Waals surface area contributed by atoms with Crippen molar-refractivity contribution >= 4 is 5.91 Å². The second-order valence-electron chi connectivity index (χ2n) is 10.3. The second kappa shape index (κ2) is 14.7. The Bertz CT molecular complexity index is 1320. The zero-order valence-electron chi connectivity index (χ0n) is 23.3. The van der Waals surface area contributed by atoms with Crippen LogP contribution in [0, 0.1) is 0 Å². The summed E-state index contributed by atoms with van der Waals surface area (Å²) in [6, 6.07) is 39.6. The van der Waals surface area contributed by atoms with Crippen molar-refractivity contribution in [2.75, 3.05) is 6.61 Å². The molecular weight excluding hydrogens is 514 g/mol. The highest BCUT2D eigenvalue weighted by molar-refractivity contribution is 5.73. The third-order valence-corrected chi connectivity index (χ3v) is 7.15. The summed E-state index contributed by atoms with van der Waals surface area (Å²) in [5, 5.41) is 3.14. The maximum absolute atomic E-state index is 12.5. The van der Waals surface area contributed by atoms with Gasteiger partial charge in [-0.2, -0.15) is 0 Å². The first-order valence-electron chi connectivity index (χ1n) is 14.1. The highest BCUT2D eigenvalue weighted by Crippen LogP contribution is 2.36. The lowest BCUT2D eigenvalue weighted by atomic mass is 9.88. The quantitative estimate of drug-likeness (QED) is 0.233. The predicted molar refractivity (Wildman–Crippen MR) is 158 cm³/mol. The van der Waals surface area contributed by atoms with Gasteiger partial charge in [-0.3, -0.25) is 4.79 Å². The first-order valence-corrected chi connectivity index (χ1v) is 14.1. The summed E-state index contributed by atoms with van der Waals surface area (Å²) in [6.45, 7) is 3.01. The van der Waals surface area contributed by atoms with Crippen LogP contribution >= 0.6 is 0 Å². The van der Waals surface area contributed by atoms with E-state index >= 15 is 0 Å². The second-order valence-corrected chi connectivity index (χ2v) is 10.3. The Kier molecular flexibility index (Phi) is 10.3. The van der Waals surface area contributed by atoms with Gasteiger partial charge in [0.2, 0.25) is 5.91 Å². The number of amides is 1. The Labute approximate surface area is 242 Å². The number of hydrogen-bond donors (Lipinski definition) is 1. The van der Waals surface area contributed by atoms with Crippen LogP contribution in [0.3, 0.4) is 0 Å². The van der Waals surface area contributed by atoms with Crippen molar-refractivity contribution in [3.8, 4) is 0 Å². The van der Waals surface area contributed by atoms with Gasteiger partial charge in [0.05, 0.1) is 32.5 Å². The molecule has 5 atom stereocenters. The zero-order valence-corrected chi connectivity index (χ0v) is 23.3. The van der Waals surface area contributed by atoms with E-state index in [1.165, 1.54) is 6.92 Å². The molecule has 4 aromatic rings. The predicted octanol–water partition coefficient (Wildman–Crippen LogP) is 6.02. The SMILES string of the molecule is CC(=O)N[C@H]1[C@@H](OCc2ccccc2)[C@@H](OCc2ccccc2)[C@@H](COCc2ccccc2)O[C@H]1c1ccccc1. The number of benzene rings is 4. The van der Waals surface area contributed by atoms with Crippen LogP contribution < -0.4 is 5.32 Å². The Morgan fingerprint density at radius 3 is 1.63 bits per heavy atom. The molecule has 0 bridgehead atoms. The molecule has 0 aromatic heterocycles. The lowest BCUT2D eigenvalue weighted by Gasteiger charge is -2.47. The van der Waals surface area contributed by atoms with Crippen molar-refractivity contribution in [2.45, 2.75) is 57.2 Å². The van der Waals surface area contributed by atoms with E-state index in [4.69, 9.17) is 18.9 Å². The van der Waals surface area contributed by atoms with Gasteiger partial charge in [0.1, 0.15) is 24.4 Å². The fraction of sp³-hybridized carbons (Fsp3) is 0.286. The normalized spacial score (nSPS) is 22.2. The molecule has 1 amide bonds. The molecule has 212 valence electrons. The van der Waals surface area contributed by atoms with E-state index in [2.05, 4.69) is 5.32 Å². The fourth-order valence-electron chi connectivity index (χ4n) is 5.20. The van der Waals surface area contributed by atoms with E-state index in [-0.39, 0.29) is 5.91 Å². The molecule has 1 N–H and O–H groups in total. The molecule has 1 aliphatic rings.